The van der Waals surface area contributed by atoms with E-state index in [9.17, 15) is 55.8 Å². The molecular formula is C12H8F7N3O5. The van der Waals surface area contributed by atoms with Crippen LogP contribution in [-0.2, 0) is 0 Å². The molecule has 0 saturated heterocycles. The van der Waals surface area contributed by atoms with Crippen molar-refractivity contribution in [1.82, 2.24) is 5.32 Å². The molecule has 27 heavy (non-hydrogen) atoms. The Morgan fingerprint density at radius 2 is 1.37 bits per heavy atom. The van der Waals surface area contributed by atoms with Gasteiger partial charge in [0.25, 0.3) is 17.3 Å². The summed E-state index contributed by atoms with van der Waals surface area (Å²) in [6, 6.07) is -1.86. The standard InChI is InChI=1S/C12H8F7N3O5/c1-5(10(13,14)11(15,16)12(17,18)19)20-9(23)6-2-7(21(24)25)4-8(3-6)22(26)27/h2-5H,1H3,(H,20,23)/t5-/m1/s1. The van der Waals surface area contributed by atoms with Crippen LogP contribution in [0.4, 0.5) is 42.1 Å². The Morgan fingerprint density at radius 3 is 1.70 bits per heavy atom. The van der Waals surface area contributed by atoms with Gasteiger partial charge < -0.3 is 5.32 Å². The normalized spacial score (nSPS) is 13.8. The van der Waals surface area contributed by atoms with Crippen LogP contribution in [0, 0.1) is 20.2 Å². The number of hydrogen-bond donors (Lipinski definition) is 1. The Bertz CT molecular complexity index is 749. The van der Waals surface area contributed by atoms with Crippen molar-refractivity contribution < 1.29 is 45.4 Å². The number of nitro groups is 2. The van der Waals surface area contributed by atoms with Gasteiger partial charge in [0.05, 0.1) is 27.5 Å². The molecule has 0 aliphatic carbocycles. The summed E-state index contributed by atoms with van der Waals surface area (Å²) in [6.45, 7) is 0.142. The highest BCUT2D eigenvalue weighted by molar-refractivity contribution is 5.95. The summed E-state index contributed by atoms with van der Waals surface area (Å²) in [4.78, 5) is 30.8. The Morgan fingerprint density at radius 1 is 0.963 bits per heavy atom. The number of rotatable bonds is 6. The Balaban J connectivity index is 3.22. The van der Waals surface area contributed by atoms with Gasteiger partial charge in [0.15, 0.2) is 0 Å². The Hall–Kier alpha value is -3.00. The number of nitrogens with one attached hydrogen (secondary N) is 1. The Labute approximate surface area is 144 Å². The van der Waals surface area contributed by atoms with E-state index in [-0.39, 0.29) is 6.92 Å². The van der Waals surface area contributed by atoms with E-state index in [2.05, 4.69) is 0 Å². The molecule has 15 heteroatoms. The smallest absolute Gasteiger partial charge is 0.343 e. The molecule has 0 aliphatic heterocycles. The summed E-state index contributed by atoms with van der Waals surface area (Å²) in [6.07, 6.45) is -6.63. The largest absolute Gasteiger partial charge is 0.459 e. The molecule has 1 aromatic rings. The lowest BCUT2D eigenvalue weighted by Crippen LogP contribution is -2.61. The van der Waals surface area contributed by atoms with E-state index in [1.807, 2.05) is 0 Å². The number of hydrogen-bond acceptors (Lipinski definition) is 5. The number of amides is 1. The first-order valence-corrected chi connectivity index (χ1v) is 6.59. The maximum atomic E-state index is 13.5. The first kappa shape index (κ1) is 22.0. The van der Waals surface area contributed by atoms with Crippen LogP contribution in [0.3, 0.4) is 0 Å². The zero-order valence-electron chi connectivity index (χ0n) is 12.9. The average Bonchev–Trinajstić information content (AvgIpc) is 2.52. The number of carbonyl (C=O) groups excluding carboxylic acids is 1. The van der Waals surface area contributed by atoms with Crippen LogP contribution >= 0.6 is 0 Å². The van der Waals surface area contributed by atoms with Gasteiger partial charge in [-0.2, -0.15) is 30.7 Å². The SMILES string of the molecule is C[C@@H](NC(=O)c1cc([N+](=O)[O-])cc([N+](=O)[O-])c1)C(F)(F)C(F)(F)C(F)(F)F. The molecule has 150 valence electrons. The van der Waals surface area contributed by atoms with Gasteiger partial charge in [0.1, 0.15) is 0 Å². The highest BCUT2D eigenvalue weighted by Crippen LogP contribution is 2.48. The van der Waals surface area contributed by atoms with Crippen molar-refractivity contribution in [3.05, 3.63) is 44.0 Å². The zero-order chi connectivity index (χ0) is 21.4. The molecule has 0 fully saturated rings. The second-order valence-electron chi connectivity index (χ2n) is 5.14. The number of halogens is 7. The van der Waals surface area contributed by atoms with Crippen LogP contribution in [-0.4, -0.2) is 39.8 Å². The fraction of sp³-hybridized carbons (Fsp3) is 0.417. The maximum Gasteiger partial charge on any atom is 0.459 e. The lowest BCUT2D eigenvalue weighted by atomic mass is 10.0. The van der Waals surface area contributed by atoms with Crippen LogP contribution in [0.2, 0.25) is 0 Å². The van der Waals surface area contributed by atoms with E-state index in [4.69, 9.17) is 0 Å². The molecule has 0 spiro atoms. The summed E-state index contributed by atoms with van der Waals surface area (Å²) in [5.74, 6) is -14.0. The van der Waals surface area contributed by atoms with E-state index in [1.54, 1.807) is 0 Å². The van der Waals surface area contributed by atoms with Crippen molar-refractivity contribution in [1.29, 1.82) is 0 Å². The topological polar surface area (TPSA) is 115 Å². The quantitative estimate of drug-likeness (QED) is 0.441. The monoisotopic (exact) mass is 407 g/mol. The maximum absolute atomic E-state index is 13.5. The van der Waals surface area contributed by atoms with E-state index >= 15 is 0 Å². The Kier molecular flexibility index (Phi) is 5.68. The highest BCUT2D eigenvalue weighted by atomic mass is 19.4. The van der Waals surface area contributed by atoms with Gasteiger partial charge in [0.2, 0.25) is 0 Å². The average molecular weight is 407 g/mol. The summed E-state index contributed by atoms with van der Waals surface area (Å²) in [5, 5.41) is 22.5. The van der Waals surface area contributed by atoms with Crippen LogP contribution in [0.1, 0.15) is 17.3 Å². The molecule has 0 unspecified atom stereocenters. The number of alkyl halides is 7. The van der Waals surface area contributed by atoms with E-state index in [1.165, 1.54) is 0 Å². The van der Waals surface area contributed by atoms with Gasteiger partial charge in [-0.05, 0) is 6.92 Å². The number of nitro benzene ring substituents is 2. The number of carbonyl (C=O) groups is 1. The molecule has 1 rings (SSSR count). The molecule has 0 radical (unpaired) electrons. The third kappa shape index (κ3) is 4.22. The van der Waals surface area contributed by atoms with Crippen molar-refractivity contribution in [3.63, 3.8) is 0 Å². The van der Waals surface area contributed by atoms with E-state index in [0.717, 1.165) is 5.32 Å². The minimum absolute atomic E-state index is 0.142. The predicted molar refractivity (Wildman–Crippen MR) is 72.6 cm³/mol. The van der Waals surface area contributed by atoms with E-state index in [0.29, 0.717) is 18.2 Å². The number of nitrogens with zero attached hydrogens (tertiary/aromatic N) is 2. The zero-order valence-corrected chi connectivity index (χ0v) is 12.9. The van der Waals surface area contributed by atoms with Crippen molar-refractivity contribution >= 4 is 17.3 Å². The third-order valence-electron chi connectivity index (χ3n) is 3.25. The molecule has 8 nitrogen and oxygen atoms in total. The third-order valence-corrected chi connectivity index (χ3v) is 3.25. The minimum atomic E-state index is -6.63. The number of benzene rings is 1. The van der Waals surface area contributed by atoms with Crippen LogP contribution < -0.4 is 5.32 Å². The summed E-state index contributed by atoms with van der Waals surface area (Å²) in [7, 11) is 0. The predicted octanol–water partition coefficient (Wildman–Crippen LogP) is 3.45. The van der Waals surface area contributed by atoms with Gasteiger partial charge in [-0.1, -0.05) is 0 Å². The highest BCUT2D eigenvalue weighted by Gasteiger charge is 2.74. The van der Waals surface area contributed by atoms with Gasteiger partial charge in [-0.25, -0.2) is 0 Å². The second-order valence-corrected chi connectivity index (χ2v) is 5.14. The fourth-order valence-corrected chi connectivity index (χ4v) is 1.77. The summed E-state index contributed by atoms with van der Waals surface area (Å²) >= 11 is 0. The van der Waals surface area contributed by atoms with Crippen LogP contribution in [0.15, 0.2) is 18.2 Å². The molecule has 1 aromatic carbocycles. The molecule has 1 atom stereocenters. The van der Waals surface area contributed by atoms with Crippen LogP contribution in [0.25, 0.3) is 0 Å². The molecule has 1 amide bonds. The minimum Gasteiger partial charge on any atom is -0.343 e. The lowest BCUT2D eigenvalue weighted by Gasteiger charge is -2.32. The van der Waals surface area contributed by atoms with Gasteiger partial charge >= 0.3 is 18.0 Å². The van der Waals surface area contributed by atoms with Crippen molar-refractivity contribution in [2.75, 3.05) is 0 Å². The van der Waals surface area contributed by atoms with Gasteiger partial charge in [-0.3, -0.25) is 25.0 Å². The molecule has 0 bridgehead atoms. The van der Waals surface area contributed by atoms with Gasteiger partial charge in [0, 0.05) is 12.1 Å². The first-order valence-electron chi connectivity index (χ1n) is 6.59. The van der Waals surface area contributed by atoms with Crippen LogP contribution in [0.5, 0.6) is 0 Å². The molecule has 0 heterocycles. The van der Waals surface area contributed by atoms with Gasteiger partial charge in [-0.15, -0.1) is 0 Å². The summed E-state index contributed by atoms with van der Waals surface area (Å²) < 4.78 is 89.3. The second kappa shape index (κ2) is 6.96. The lowest BCUT2D eigenvalue weighted by molar-refractivity contribution is -0.394. The molecule has 0 saturated carbocycles. The van der Waals surface area contributed by atoms with Crippen molar-refractivity contribution in [2.45, 2.75) is 31.0 Å². The fourth-order valence-electron chi connectivity index (χ4n) is 1.77. The number of non-ortho nitro benzene ring substituents is 2. The summed E-state index contributed by atoms with van der Waals surface area (Å²) in [5.41, 5.74) is -2.97. The molecule has 0 aliphatic rings. The molecular weight excluding hydrogens is 399 g/mol. The van der Waals surface area contributed by atoms with Crippen molar-refractivity contribution in [2.24, 2.45) is 0 Å². The molecule has 0 aromatic heterocycles. The first-order chi connectivity index (χ1) is 12.0. The van der Waals surface area contributed by atoms with E-state index < -0.39 is 56.8 Å². The molecule has 1 N–H and O–H groups in total. The van der Waals surface area contributed by atoms with Crippen molar-refractivity contribution in [3.8, 4) is 0 Å².